The van der Waals surface area contributed by atoms with Crippen LogP contribution in [0.25, 0.3) is 0 Å². The highest BCUT2D eigenvalue weighted by atomic mass is 19.1. The van der Waals surface area contributed by atoms with E-state index in [9.17, 15) is 4.39 Å². The molecule has 70 valence electrons. The quantitative estimate of drug-likeness (QED) is 0.757. The van der Waals surface area contributed by atoms with E-state index in [1.165, 1.54) is 19.2 Å². The Kier molecular flexibility index (Phi) is 2.22. The molecule has 1 heterocycles. The molecule has 1 saturated carbocycles. The van der Waals surface area contributed by atoms with E-state index in [0.29, 0.717) is 17.3 Å². The zero-order valence-electron chi connectivity index (χ0n) is 7.33. The fourth-order valence-corrected chi connectivity index (χ4v) is 1.33. The molecule has 0 bridgehead atoms. The zero-order valence-corrected chi connectivity index (χ0v) is 7.33. The highest BCUT2D eigenvalue weighted by molar-refractivity contribution is 5.13. The molecule has 0 aliphatic heterocycles. The van der Waals surface area contributed by atoms with Crippen molar-refractivity contribution < 1.29 is 4.39 Å². The summed E-state index contributed by atoms with van der Waals surface area (Å²) < 4.78 is 13.5. The van der Waals surface area contributed by atoms with Gasteiger partial charge in [0.25, 0.3) is 0 Å². The Bertz CT molecular complexity index is 310. The Balaban J connectivity index is 2.22. The van der Waals surface area contributed by atoms with Crippen LogP contribution in [0.2, 0.25) is 0 Å². The van der Waals surface area contributed by atoms with Gasteiger partial charge in [-0.2, -0.15) is 0 Å². The first-order valence-electron chi connectivity index (χ1n) is 4.49. The van der Waals surface area contributed by atoms with Gasteiger partial charge in [0.2, 0.25) is 0 Å². The molecule has 0 aromatic carbocycles. The molecule has 2 N–H and O–H groups in total. The summed E-state index contributed by atoms with van der Waals surface area (Å²) in [5.74, 6) is 0.326. The molecule has 1 aliphatic carbocycles. The summed E-state index contributed by atoms with van der Waals surface area (Å²) in [6, 6.07) is 0. The van der Waals surface area contributed by atoms with E-state index in [2.05, 4.69) is 9.97 Å². The highest BCUT2D eigenvalue weighted by Crippen LogP contribution is 2.32. The summed E-state index contributed by atoms with van der Waals surface area (Å²) >= 11 is 0. The summed E-state index contributed by atoms with van der Waals surface area (Å²) in [6.45, 7) is 0.145. The number of nitrogens with zero attached hydrogens (tertiary/aromatic N) is 2. The first-order valence-corrected chi connectivity index (χ1v) is 4.49. The molecule has 2 rings (SSSR count). The highest BCUT2D eigenvalue weighted by Gasteiger charge is 2.24. The molecular weight excluding hydrogens is 169 g/mol. The number of halogens is 1. The van der Waals surface area contributed by atoms with Crippen LogP contribution in [-0.2, 0) is 13.0 Å². The Hall–Kier alpha value is -1.03. The Morgan fingerprint density at radius 1 is 1.38 bits per heavy atom. The summed E-state index contributed by atoms with van der Waals surface area (Å²) in [4.78, 5) is 7.70. The number of aromatic nitrogens is 2. The zero-order chi connectivity index (χ0) is 9.26. The van der Waals surface area contributed by atoms with Crippen molar-refractivity contribution in [1.82, 2.24) is 9.97 Å². The lowest BCUT2D eigenvalue weighted by Crippen LogP contribution is -2.08. The first-order chi connectivity index (χ1) is 6.31. The van der Waals surface area contributed by atoms with Crippen LogP contribution in [0.5, 0.6) is 0 Å². The Morgan fingerprint density at radius 3 is 2.69 bits per heavy atom. The van der Waals surface area contributed by atoms with Gasteiger partial charge in [-0.3, -0.25) is 0 Å². The van der Waals surface area contributed by atoms with Gasteiger partial charge in [0.05, 0.1) is 11.4 Å². The number of nitrogens with two attached hydrogens (primary N) is 1. The van der Waals surface area contributed by atoms with Crippen molar-refractivity contribution in [1.29, 1.82) is 0 Å². The predicted molar refractivity (Wildman–Crippen MR) is 46.3 cm³/mol. The minimum atomic E-state index is -0.308. The number of hydrogen-bond acceptors (Lipinski definition) is 3. The van der Waals surface area contributed by atoms with Crippen LogP contribution in [0.15, 0.2) is 6.33 Å². The Labute approximate surface area is 76.2 Å². The van der Waals surface area contributed by atoms with Crippen molar-refractivity contribution in [3.05, 3.63) is 23.5 Å². The summed E-state index contributed by atoms with van der Waals surface area (Å²) in [7, 11) is 0. The molecule has 0 unspecified atom stereocenters. The van der Waals surface area contributed by atoms with Crippen LogP contribution >= 0.6 is 0 Å². The van der Waals surface area contributed by atoms with Crippen LogP contribution in [0.4, 0.5) is 4.39 Å². The number of hydrogen-bond donors (Lipinski definition) is 1. The van der Waals surface area contributed by atoms with Gasteiger partial charge in [-0.1, -0.05) is 0 Å². The Morgan fingerprint density at radius 2 is 2.08 bits per heavy atom. The van der Waals surface area contributed by atoms with E-state index in [1.54, 1.807) is 0 Å². The molecule has 4 heteroatoms. The second kappa shape index (κ2) is 3.38. The van der Waals surface area contributed by atoms with Crippen molar-refractivity contribution in [2.45, 2.75) is 25.8 Å². The average molecular weight is 181 g/mol. The van der Waals surface area contributed by atoms with Crippen LogP contribution in [0.3, 0.4) is 0 Å². The summed E-state index contributed by atoms with van der Waals surface area (Å²) in [5.41, 5.74) is 6.19. The molecule has 3 nitrogen and oxygen atoms in total. The molecule has 0 spiro atoms. The SMILES string of the molecule is NCc1ncnc(CC2CC2)c1F. The van der Waals surface area contributed by atoms with E-state index < -0.39 is 0 Å². The maximum Gasteiger partial charge on any atom is 0.167 e. The summed E-state index contributed by atoms with van der Waals surface area (Å²) in [6.07, 6.45) is 4.52. The fraction of sp³-hybridized carbons (Fsp3) is 0.556. The van der Waals surface area contributed by atoms with E-state index >= 15 is 0 Å². The van der Waals surface area contributed by atoms with E-state index in [1.807, 2.05) is 0 Å². The lowest BCUT2D eigenvalue weighted by atomic mass is 10.2. The topological polar surface area (TPSA) is 51.8 Å². The molecule has 13 heavy (non-hydrogen) atoms. The van der Waals surface area contributed by atoms with Crippen LogP contribution in [0.1, 0.15) is 24.2 Å². The molecule has 1 aliphatic rings. The maximum absolute atomic E-state index is 13.5. The van der Waals surface area contributed by atoms with Gasteiger partial charge in [-0.05, 0) is 25.2 Å². The fourth-order valence-electron chi connectivity index (χ4n) is 1.33. The molecule has 0 atom stereocenters. The van der Waals surface area contributed by atoms with E-state index in [0.717, 1.165) is 6.42 Å². The van der Waals surface area contributed by atoms with E-state index in [-0.39, 0.29) is 12.4 Å². The predicted octanol–water partition coefficient (Wildman–Crippen LogP) is 1.03. The van der Waals surface area contributed by atoms with Gasteiger partial charge in [-0.15, -0.1) is 0 Å². The minimum absolute atomic E-state index is 0.145. The second-order valence-corrected chi connectivity index (χ2v) is 3.43. The molecule has 1 aromatic rings. The molecule has 1 fully saturated rings. The molecule has 0 amide bonds. The third-order valence-corrected chi connectivity index (χ3v) is 2.31. The molecular formula is C9H12FN3. The molecule has 1 aromatic heterocycles. The van der Waals surface area contributed by atoms with Gasteiger partial charge >= 0.3 is 0 Å². The van der Waals surface area contributed by atoms with Gasteiger partial charge in [0.1, 0.15) is 6.33 Å². The molecule has 0 radical (unpaired) electrons. The monoisotopic (exact) mass is 181 g/mol. The van der Waals surface area contributed by atoms with Crippen LogP contribution < -0.4 is 5.73 Å². The van der Waals surface area contributed by atoms with Crippen LogP contribution in [-0.4, -0.2) is 9.97 Å². The number of rotatable bonds is 3. The lowest BCUT2D eigenvalue weighted by Gasteiger charge is -2.03. The maximum atomic E-state index is 13.5. The third-order valence-electron chi connectivity index (χ3n) is 2.31. The van der Waals surface area contributed by atoms with Gasteiger partial charge < -0.3 is 5.73 Å². The smallest absolute Gasteiger partial charge is 0.167 e. The van der Waals surface area contributed by atoms with Crippen molar-refractivity contribution in [2.75, 3.05) is 0 Å². The van der Waals surface area contributed by atoms with Crippen molar-refractivity contribution in [3.63, 3.8) is 0 Å². The van der Waals surface area contributed by atoms with Crippen molar-refractivity contribution >= 4 is 0 Å². The van der Waals surface area contributed by atoms with E-state index in [4.69, 9.17) is 5.73 Å². The van der Waals surface area contributed by atoms with Gasteiger partial charge in [0, 0.05) is 6.54 Å². The van der Waals surface area contributed by atoms with Crippen molar-refractivity contribution in [2.24, 2.45) is 11.7 Å². The standard InChI is InChI=1S/C9H12FN3/c10-9-7(3-6-1-2-6)12-5-13-8(9)4-11/h5-6H,1-4,11H2. The largest absolute Gasteiger partial charge is 0.325 e. The third kappa shape index (κ3) is 1.83. The van der Waals surface area contributed by atoms with Gasteiger partial charge in [0.15, 0.2) is 5.82 Å². The minimum Gasteiger partial charge on any atom is -0.325 e. The second-order valence-electron chi connectivity index (χ2n) is 3.43. The lowest BCUT2D eigenvalue weighted by molar-refractivity contribution is 0.562. The molecule has 0 saturated heterocycles. The normalized spacial score (nSPS) is 16.2. The van der Waals surface area contributed by atoms with Crippen molar-refractivity contribution in [3.8, 4) is 0 Å². The average Bonchev–Trinajstić information content (AvgIpc) is 2.92. The first kappa shape index (κ1) is 8.56. The summed E-state index contributed by atoms with van der Waals surface area (Å²) in [5, 5.41) is 0. The van der Waals surface area contributed by atoms with Crippen LogP contribution in [0, 0.1) is 11.7 Å². The van der Waals surface area contributed by atoms with Gasteiger partial charge in [-0.25, -0.2) is 14.4 Å².